The third-order valence-electron chi connectivity index (χ3n) is 3.27. The van der Waals surface area contributed by atoms with E-state index in [-0.39, 0.29) is 5.75 Å². The monoisotopic (exact) mass is 253 g/mol. The Morgan fingerprint density at radius 3 is 2.42 bits per heavy atom. The van der Waals surface area contributed by atoms with Crippen LogP contribution in [-0.2, 0) is 6.42 Å². The average Bonchev–Trinajstić information content (AvgIpc) is 2.36. The van der Waals surface area contributed by atoms with Gasteiger partial charge in [-0.2, -0.15) is 0 Å². The van der Waals surface area contributed by atoms with Gasteiger partial charge in [0.2, 0.25) is 0 Å². The molecule has 2 N–H and O–H groups in total. The van der Waals surface area contributed by atoms with E-state index in [0.29, 0.717) is 17.7 Å². The lowest BCUT2D eigenvalue weighted by Crippen LogP contribution is -2.04. The van der Waals surface area contributed by atoms with Crippen molar-refractivity contribution in [3.05, 3.63) is 64.7 Å². The fourth-order valence-corrected chi connectivity index (χ4v) is 2.38. The predicted molar refractivity (Wildman–Crippen MR) is 79.2 cm³/mol. The molecule has 0 aliphatic rings. The van der Waals surface area contributed by atoms with Crippen molar-refractivity contribution >= 4 is 5.71 Å². The minimum Gasteiger partial charge on any atom is -0.507 e. The summed E-state index contributed by atoms with van der Waals surface area (Å²) in [5.74, 6) is 0.218. The number of phenols is 1. The van der Waals surface area contributed by atoms with Gasteiger partial charge in [0.15, 0.2) is 0 Å². The molecule has 2 rings (SSSR count). The van der Waals surface area contributed by atoms with Crippen LogP contribution in [-0.4, -0.2) is 10.8 Å². The van der Waals surface area contributed by atoms with E-state index < -0.39 is 0 Å². The highest BCUT2D eigenvalue weighted by atomic mass is 16.3. The summed E-state index contributed by atoms with van der Waals surface area (Å²) in [6.45, 7) is 3.89. The van der Waals surface area contributed by atoms with E-state index >= 15 is 0 Å². The molecule has 2 aromatic rings. The number of phenolic OH excluding ortho intramolecular Hbond substituents is 1. The highest BCUT2D eigenvalue weighted by molar-refractivity contribution is 6.02. The highest BCUT2D eigenvalue weighted by Crippen LogP contribution is 2.24. The smallest absolute Gasteiger partial charge is 0.125 e. The van der Waals surface area contributed by atoms with Crippen LogP contribution >= 0.6 is 0 Å². The number of hydrogen-bond acceptors (Lipinski definition) is 2. The highest BCUT2D eigenvalue weighted by Gasteiger charge is 2.11. The second-order valence-electron chi connectivity index (χ2n) is 4.94. The van der Waals surface area contributed by atoms with Crippen LogP contribution < -0.4 is 0 Å². The average molecular weight is 253 g/mol. The Kier molecular flexibility index (Phi) is 4.00. The Morgan fingerprint density at radius 1 is 1.11 bits per heavy atom. The third kappa shape index (κ3) is 3.22. The van der Waals surface area contributed by atoms with Crippen LogP contribution in [0.1, 0.15) is 28.7 Å². The van der Waals surface area contributed by atoms with Crippen LogP contribution in [0.5, 0.6) is 5.75 Å². The fourth-order valence-electron chi connectivity index (χ4n) is 2.38. The summed E-state index contributed by atoms with van der Waals surface area (Å²) in [4.78, 5) is 0. The molecule has 0 fully saturated rings. The van der Waals surface area contributed by atoms with E-state index in [0.717, 1.165) is 17.5 Å². The normalized spacial score (nSPS) is 10.4. The van der Waals surface area contributed by atoms with Gasteiger partial charge in [-0.1, -0.05) is 36.4 Å². The van der Waals surface area contributed by atoms with Crippen LogP contribution in [0, 0.1) is 19.3 Å². The van der Waals surface area contributed by atoms with Gasteiger partial charge in [-0.3, -0.25) is 0 Å². The van der Waals surface area contributed by atoms with Gasteiger partial charge in [0.05, 0.1) is 0 Å². The van der Waals surface area contributed by atoms with E-state index in [1.807, 2.05) is 38.1 Å². The molecule has 2 aromatic carbocycles. The van der Waals surface area contributed by atoms with E-state index in [4.69, 9.17) is 5.41 Å². The van der Waals surface area contributed by atoms with Crippen molar-refractivity contribution < 1.29 is 5.11 Å². The molecule has 2 nitrogen and oxygen atoms in total. The number of benzene rings is 2. The van der Waals surface area contributed by atoms with Gasteiger partial charge >= 0.3 is 0 Å². The van der Waals surface area contributed by atoms with Gasteiger partial charge in [-0.15, -0.1) is 0 Å². The van der Waals surface area contributed by atoms with Crippen molar-refractivity contribution in [2.45, 2.75) is 26.7 Å². The Hall–Kier alpha value is -2.09. The standard InChI is InChI=1S/C17H19NO/c1-12-10-13(2)17(16(19)11-12)15(18)9-8-14-6-4-3-5-7-14/h3-7,10-11,18-19H,8-9H2,1-2H3. The molecule has 0 spiro atoms. The molecular weight excluding hydrogens is 234 g/mol. The number of rotatable bonds is 4. The van der Waals surface area contributed by atoms with Crippen molar-refractivity contribution in [2.24, 2.45) is 0 Å². The Bertz CT molecular complexity index is 564. The molecule has 0 saturated heterocycles. The zero-order valence-corrected chi connectivity index (χ0v) is 11.4. The molecule has 0 atom stereocenters. The number of hydrogen-bond donors (Lipinski definition) is 2. The second kappa shape index (κ2) is 5.70. The van der Waals surface area contributed by atoms with Crippen LogP contribution in [0.4, 0.5) is 0 Å². The van der Waals surface area contributed by atoms with E-state index in [1.54, 1.807) is 6.07 Å². The first-order valence-electron chi connectivity index (χ1n) is 6.50. The lowest BCUT2D eigenvalue weighted by atomic mass is 9.96. The van der Waals surface area contributed by atoms with E-state index in [9.17, 15) is 5.11 Å². The molecule has 0 heterocycles. The fraction of sp³-hybridized carbons (Fsp3) is 0.235. The first kappa shape index (κ1) is 13.3. The summed E-state index contributed by atoms with van der Waals surface area (Å²) < 4.78 is 0. The first-order valence-corrected chi connectivity index (χ1v) is 6.50. The summed E-state index contributed by atoms with van der Waals surface area (Å²) in [7, 11) is 0. The van der Waals surface area contributed by atoms with E-state index in [1.165, 1.54) is 5.56 Å². The van der Waals surface area contributed by atoms with Gasteiger partial charge in [0.1, 0.15) is 5.75 Å². The van der Waals surface area contributed by atoms with Crippen LogP contribution in [0.3, 0.4) is 0 Å². The Morgan fingerprint density at radius 2 is 1.79 bits per heavy atom. The first-order chi connectivity index (χ1) is 9.08. The lowest BCUT2D eigenvalue weighted by Gasteiger charge is -2.11. The number of aromatic hydroxyl groups is 1. The molecule has 0 saturated carbocycles. The van der Waals surface area contributed by atoms with Gasteiger partial charge in [0, 0.05) is 11.3 Å². The third-order valence-corrected chi connectivity index (χ3v) is 3.27. The molecule has 2 heteroatoms. The van der Waals surface area contributed by atoms with Crippen molar-refractivity contribution in [2.75, 3.05) is 0 Å². The van der Waals surface area contributed by atoms with Crippen molar-refractivity contribution in [1.82, 2.24) is 0 Å². The maximum Gasteiger partial charge on any atom is 0.125 e. The minimum atomic E-state index is 0.218. The quantitative estimate of drug-likeness (QED) is 0.794. The number of aryl methyl sites for hydroxylation is 3. The van der Waals surface area contributed by atoms with Crippen LogP contribution in [0.2, 0.25) is 0 Å². The summed E-state index contributed by atoms with van der Waals surface area (Å²) in [5, 5.41) is 18.2. The minimum absolute atomic E-state index is 0.218. The van der Waals surface area contributed by atoms with Crippen molar-refractivity contribution in [3.63, 3.8) is 0 Å². The lowest BCUT2D eigenvalue weighted by molar-refractivity contribution is 0.473. The van der Waals surface area contributed by atoms with Crippen LogP contribution in [0.25, 0.3) is 0 Å². The summed E-state index contributed by atoms with van der Waals surface area (Å²) in [6.07, 6.45) is 1.47. The van der Waals surface area contributed by atoms with Crippen LogP contribution in [0.15, 0.2) is 42.5 Å². The van der Waals surface area contributed by atoms with Gasteiger partial charge in [0.25, 0.3) is 0 Å². The molecule has 0 bridgehead atoms. The molecule has 0 radical (unpaired) electrons. The largest absolute Gasteiger partial charge is 0.507 e. The molecule has 98 valence electrons. The maximum atomic E-state index is 10.00. The molecule has 0 aliphatic carbocycles. The summed E-state index contributed by atoms with van der Waals surface area (Å²) >= 11 is 0. The molecular formula is C17H19NO. The molecule has 19 heavy (non-hydrogen) atoms. The molecule has 0 aromatic heterocycles. The number of nitrogens with one attached hydrogen (secondary N) is 1. The summed E-state index contributed by atoms with van der Waals surface area (Å²) in [6, 6.07) is 13.9. The van der Waals surface area contributed by atoms with Crippen molar-refractivity contribution in [3.8, 4) is 5.75 Å². The van der Waals surface area contributed by atoms with Gasteiger partial charge < -0.3 is 10.5 Å². The maximum absolute atomic E-state index is 10.00. The predicted octanol–water partition coefficient (Wildman–Crippen LogP) is 4.01. The van der Waals surface area contributed by atoms with Gasteiger partial charge in [-0.05, 0) is 49.4 Å². The molecule has 0 aliphatic heterocycles. The van der Waals surface area contributed by atoms with Gasteiger partial charge in [-0.25, -0.2) is 0 Å². The SMILES string of the molecule is Cc1cc(C)c(C(=N)CCc2ccccc2)c(O)c1. The zero-order valence-electron chi connectivity index (χ0n) is 11.4. The van der Waals surface area contributed by atoms with E-state index in [2.05, 4.69) is 12.1 Å². The second-order valence-corrected chi connectivity index (χ2v) is 4.94. The summed E-state index contributed by atoms with van der Waals surface area (Å²) in [5.41, 5.74) is 4.39. The topological polar surface area (TPSA) is 44.1 Å². The zero-order chi connectivity index (χ0) is 13.8. The Balaban J connectivity index is 2.13. The Labute approximate surface area is 114 Å². The molecule has 0 unspecified atom stereocenters. The van der Waals surface area contributed by atoms with Crippen molar-refractivity contribution in [1.29, 1.82) is 5.41 Å². The molecule has 0 amide bonds.